The van der Waals surface area contributed by atoms with Crippen molar-refractivity contribution in [2.45, 2.75) is 53.0 Å². The van der Waals surface area contributed by atoms with Gasteiger partial charge < -0.3 is 16.0 Å². The highest BCUT2D eigenvalue weighted by Crippen LogP contribution is 2.22. The van der Waals surface area contributed by atoms with Gasteiger partial charge in [0.2, 0.25) is 11.8 Å². The Kier molecular flexibility index (Phi) is 8.44. The van der Waals surface area contributed by atoms with Crippen LogP contribution >= 0.6 is 12.4 Å². The second-order valence-electron chi connectivity index (χ2n) is 6.65. The van der Waals surface area contributed by atoms with Crippen LogP contribution in [0, 0.1) is 20.8 Å². The summed E-state index contributed by atoms with van der Waals surface area (Å²) in [6.07, 6.45) is 1.41. The number of nitrogens with one attached hydrogen (secondary N) is 1. The van der Waals surface area contributed by atoms with Gasteiger partial charge in [-0.05, 0) is 45.2 Å². The van der Waals surface area contributed by atoms with E-state index in [0.717, 1.165) is 28.8 Å². The van der Waals surface area contributed by atoms with Gasteiger partial charge in [-0.3, -0.25) is 9.59 Å². The highest BCUT2D eigenvalue weighted by Gasteiger charge is 2.30. The Labute approximate surface area is 151 Å². The molecule has 0 aliphatic rings. The molecular formula is C18H30ClN3O2. The van der Waals surface area contributed by atoms with E-state index in [4.69, 9.17) is 5.73 Å². The number of rotatable bonds is 6. The Morgan fingerprint density at radius 2 is 1.71 bits per heavy atom. The minimum absolute atomic E-state index is 0. The van der Waals surface area contributed by atoms with Crippen molar-refractivity contribution in [3.05, 3.63) is 28.8 Å². The molecule has 0 radical (unpaired) electrons. The number of likely N-dealkylation sites (N-methyl/N-ethyl adjacent to an activating group) is 1. The van der Waals surface area contributed by atoms with Crippen LogP contribution in [-0.4, -0.2) is 35.8 Å². The Morgan fingerprint density at radius 1 is 1.21 bits per heavy atom. The zero-order valence-corrected chi connectivity index (χ0v) is 16.3. The lowest BCUT2D eigenvalue weighted by atomic mass is 9.96. The quantitative estimate of drug-likeness (QED) is 0.823. The van der Waals surface area contributed by atoms with E-state index in [1.165, 1.54) is 4.90 Å². The molecule has 1 atom stereocenters. The first-order valence-electron chi connectivity index (χ1n) is 8.00. The summed E-state index contributed by atoms with van der Waals surface area (Å²) in [6.45, 7) is 9.62. The highest BCUT2D eigenvalue weighted by atomic mass is 35.5. The molecule has 5 nitrogen and oxygen atoms in total. The summed E-state index contributed by atoms with van der Waals surface area (Å²) < 4.78 is 0. The number of halogens is 1. The number of benzene rings is 1. The van der Waals surface area contributed by atoms with E-state index in [0.29, 0.717) is 6.42 Å². The molecule has 1 rings (SSSR count). The molecule has 0 spiro atoms. The molecule has 0 bridgehead atoms. The third-order valence-corrected chi connectivity index (χ3v) is 3.93. The van der Waals surface area contributed by atoms with E-state index < -0.39 is 5.54 Å². The third kappa shape index (κ3) is 5.80. The van der Waals surface area contributed by atoms with Crippen LogP contribution in [0.15, 0.2) is 12.1 Å². The molecule has 6 heteroatoms. The summed E-state index contributed by atoms with van der Waals surface area (Å²) in [5.41, 5.74) is 9.10. The minimum Gasteiger partial charge on any atom is -0.335 e. The van der Waals surface area contributed by atoms with Gasteiger partial charge in [-0.15, -0.1) is 12.4 Å². The van der Waals surface area contributed by atoms with Crippen molar-refractivity contribution in [2.75, 3.05) is 18.9 Å². The number of amides is 2. The molecule has 3 N–H and O–H groups in total. The van der Waals surface area contributed by atoms with Crippen LogP contribution in [0.2, 0.25) is 0 Å². The predicted octanol–water partition coefficient (Wildman–Crippen LogP) is 2.95. The van der Waals surface area contributed by atoms with Gasteiger partial charge in [0.05, 0.1) is 12.1 Å². The van der Waals surface area contributed by atoms with Crippen molar-refractivity contribution in [1.29, 1.82) is 0 Å². The van der Waals surface area contributed by atoms with Gasteiger partial charge in [-0.2, -0.15) is 0 Å². The van der Waals surface area contributed by atoms with Crippen LogP contribution in [0.3, 0.4) is 0 Å². The fourth-order valence-electron chi connectivity index (χ4n) is 2.91. The lowest BCUT2D eigenvalue weighted by Gasteiger charge is -2.28. The molecule has 24 heavy (non-hydrogen) atoms. The molecule has 2 amide bonds. The number of carbonyl (C=O) groups excluding carboxylic acids is 2. The largest absolute Gasteiger partial charge is 0.335 e. The third-order valence-electron chi connectivity index (χ3n) is 3.93. The maximum Gasteiger partial charge on any atom is 0.243 e. The van der Waals surface area contributed by atoms with Gasteiger partial charge in [-0.1, -0.05) is 31.0 Å². The van der Waals surface area contributed by atoms with E-state index in [1.54, 1.807) is 14.0 Å². The average Bonchev–Trinajstić information content (AvgIpc) is 2.41. The first-order chi connectivity index (χ1) is 10.6. The van der Waals surface area contributed by atoms with Crippen LogP contribution in [0.25, 0.3) is 0 Å². The highest BCUT2D eigenvalue weighted by molar-refractivity contribution is 5.97. The fourth-order valence-corrected chi connectivity index (χ4v) is 2.91. The topological polar surface area (TPSA) is 75.4 Å². The molecule has 0 saturated carbocycles. The number of nitrogens with zero attached hydrogens (tertiary/aromatic N) is 1. The SMILES string of the molecule is CCCC(C)(N)C(=O)N(C)CC(=O)Nc1c(C)cc(C)cc1C.Cl. The van der Waals surface area contributed by atoms with Crippen LogP contribution in [0.1, 0.15) is 43.4 Å². The second-order valence-corrected chi connectivity index (χ2v) is 6.65. The summed E-state index contributed by atoms with van der Waals surface area (Å²) in [5.74, 6) is -0.435. The van der Waals surface area contributed by atoms with Crippen LogP contribution < -0.4 is 11.1 Å². The van der Waals surface area contributed by atoms with Gasteiger partial charge >= 0.3 is 0 Å². The van der Waals surface area contributed by atoms with E-state index in [-0.39, 0.29) is 30.8 Å². The van der Waals surface area contributed by atoms with Crippen LogP contribution in [0.5, 0.6) is 0 Å². The molecule has 0 aliphatic heterocycles. The number of anilines is 1. The molecule has 0 aliphatic carbocycles. The number of hydrogen-bond acceptors (Lipinski definition) is 3. The molecule has 136 valence electrons. The van der Waals surface area contributed by atoms with Crippen molar-refractivity contribution < 1.29 is 9.59 Å². The maximum atomic E-state index is 12.3. The molecule has 0 heterocycles. The number of hydrogen-bond donors (Lipinski definition) is 2. The lowest BCUT2D eigenvalue weighted by Crippen LogP contribution is -2.53. The summed E-state index contributed by atoms with van der Waals surface area (Å²) in [4.78, 5) is 26.0. The molecule has 0 aromatic heterocycles. The van der Waals surface area contributed by atoms with Crippen LogP contribution in [-0.2, 0) is 9.59 Å². The number of aryl methyl sites for hydroxylation is 3. The smallest absolute Gasteiger partial charge is 0.243 e. The van der Waals surface area contributed by atoms with Crippen molar-refractivity contribution in [3.8, 4) is 0 Å². The van der Waals surface area contributed by atoms with Gasteiger partial charge in [0.1, 0.15) is 0 Å². The normalized spacial score (nSPS) is 12.8. The molecule has 0 fully saturated rings. The van der Waals surface area contributed by atoms with Crippen molar-refractivity contribution in [2.24, 2.45) is 5.73 Å². The average molecular weight is 356 g/mol. The van der Waals surface area contributed by atoms with Gasteiger partial charge in [0.15, 0.2) is 0 Å². The fraction of sp³-hybridized carbons (Fsp3) is 0.556. The molecular weight excluding hydrogens is 326 g/mol. The number of nitrogens with two attached hydrogens (primary N) is 1. The van der Waals surface area contributed by atoms with Gasteiger partial charge in [-0.25, -0.2) is 0 Å². The molecule has 1 unspecified atom stereocenters. The second kappa shape index (κ2) is 9.04. The summed E-state index contributed by atoms with van der Waals surface area (Å²) in [6, 6.07) is 4.05. The molecule has 0 saturated heterocycles. The van der Waals surface area contributed by atoms with E-state index in [2.05, 4.69) is 5.32 Å². The standard InChI is InChI=1S/C18H29N3O2.ClH/c1-7-8-18(5,19)17(23)21(6)11-15(22)20-16-13(3)9-12(2)10-14(16)4;/h9-10H,7-8,11,19H2,1-6H3,(H,20,22);1H. The van der Waals surface area contributed by atoms with E-state index >= 15 is 0 Å². The number of carbonyl (C=O) groups is 2. The monoisotopic (exact) mass is 355 g/mol. The summed E-state index contributed by atoms with van der Waals surface area (Å²) in [5, 5.41) is 2.90. The Balaban J connectivity index is 0.00000529. The lowest BCUT2D eigenvalue weighted by molar-refractivity contribution is -0.137. The Morgan fingerprint density at radius 3 is 2.17 bits per heavy atom. The van der Waals surface area contributed by atoms with E-state index in [9.17, 15) is 9.59 Å². The van der Waals surface area contributed by atoms with Gasteiger partial charge in [0.25, 0.3) is 0 Å². The first-order valence-corrected chi connectivity index (χ1v) is 8.00. The van der Waals surface area contributed by atoms with Crippen molar-refractivity contribution in [3.63, 3.8) is 0 Å². The van der Waals surface area contributed by atoms with Crippen molar-refractivity contribution in [1.82, 2.24) is 4.90 Å². The zero-order chi connectivity index (χ0) is 17.8. The summed E-state index contributed by atoms with van der Waals surface area (Å²) >= 11 is 0. The molecule has 1 aromatic rings. The van der Waals surface area contributed by atoms with Crippen molar-refractivity contribution >= 4 is 29.9 Å². The minimum atomic E-state index is -0.931. The predicted molar refractivity (Wildman–Crippen MR) is 102 cm³/mol. The van der Waals surface area contributed by atoms with E-state index in [1.807, 2.05) is 39.8 Å². The maximum absolute atomic E-state index is 12.3. The summed E-state index contributed by atoms with van der Waals surface area (Å²) in [7, 11) is 1.61. The Hall–Kier alpha value is -1.59. The van der Waals surface area contributed by atoms with Gasteiger partial charge in [0, 0.05) is 12.7 Å². The molecule has 1 aromatic carbocycles. The first kappa shape index (κ1) is 22.4. The Bertz CT molecular complexity index is 577. The zero-order valence-electron chi connectivity index (χ0n) is 15.5. The van der Waals surface area contributed by atoms with Crippen LogP contribution in [0.4, 0.5) is 5.69 Å².